The van der Waals surface area contributed by atoms with Crippen molar-refractivity contribution in [3.63, 3.8) is 0 Å². The second kappa shape index (κ2) is 7.95. The zero-order chi connectivity index (χ0) is 18.7. The van der Waals surface area contributed by atoms with E-state index in [4.69, 9.17) is 0 Å². The molecule has 1 fully saturated rings. The summed E-state index contributed by atoms with van der Waals surface area (Å²) in [5, 5.41) is 5.37. The lowest BCUT2D eigenvalue weighted by Gasteiger charge is -2.38. The molecule has 1 saturated heterocycles. The molecule has 3 rings (SSSR count). The quantitative estimate of drug-likeness (QED) is 0.824. The molecule has 1 aromatic rings. The molecule has 0 bridgehead atoms. The highest BCUT2D eigenvalue weighted by Crippen LogP contribution is 2.20. The van der Waals surface area contributed by atoms with Crippen LogP contribution in [0.1, 0.15) is 31.2 Å². The van der Waals surface area contributed by atoms with E-state index < -0.39 is 0 Å². The van der Waals surface area contributed by atoms with Gasteiger partial charge < -0.3 is 4.90 Å². The molecule has 0 N–H and O–H groups in total. The fraction of sp³-hybridized carbons (Fsp3) is 0.526. The summed E-state index contributed by atoms with van der Waals surface area (Å²) in [5.41, 5.74) is 1.11. The molecule has 2 heterocycles. The van der Waals surface area contributed by atoms with Gasteiger partial charge in [0.1, 0.15) is 11.5 Å². The standard InChI is InChI=1S/C19H25FN4O2/c1-22(19(26)17-9-10-18(25)23(2)21-17)15-7-5-11-24(13-15)12-14-6-3-4-8-16(14)20/h3-4,6,8,15H,5,7,9-13H2,1-2H3/t15-/m1/s1. The van der Waals surface area contributed by atoms with Crippen molar-refractivity contribution in [2.24, 2.45) is 5.10 Å². The molecule has 0 spiro atoms. The molecule has 7 heteroatoms. The maximum absolute atomic E-state index is 13.9. The Labute approximate surface area is 153 Å². The molecule has 1 atom stereocenters. The Morgan fingerprint density at radius 2 is 2.12 bits per heavy atom. The van der Waals surface area contributed by atoms with Crippen LogP contribution in [0.5, 0.6) is 0 Å². The van der Waals surface area contributed by atoms with Gasteiger partial charge in [-0.05, 0) is 25.5 Å². The van der Waals surface area contributed by atoms with Gasteiger partial charge in [-0.25, -0.2) is 9.40 Å². The van der Waals surface area contributed by atoms with Crippen LogP contribution in [0.25, 0.3) is 0 Å². The van der Waals surface area contributed by atoms with Gasteiger partial charge in [0.2, 0.25) is 5.91 Å². The first-order valence-electron chi connectivity index (χ1n) is 9.02. The fourth-order valence-corrected chi connectivity index (χ4v) is 3.55. The van der Waals surface area contributed by atoms with Crippen molar-refractivity contribution >= 4 is 17.5 Å². The normalized spacial score (nSPS) is 21.5. The summed E-state index contributed by atoms with van der Waals surface area (Å²) in [5.74, 6) is -0.386. The van der Waals surface area contributed by atoms with Crippen molar-refractivity contribution in [1.82, 2.24) is 14.8 Å². The first-order chi connectivity index (χ1) is 12.5. The summed E-state index contributed by atoms with van der Waals surface area (Å²) in [7, 11) is 3.37. The fourth-order valence-electron chi connectivity index (χ4n) is 3.55. The molecule has 6 nitrogen and oxygen atoms in total. The third-order valence-electron chi connectivity index (χ3n) is 5.15. The van der Waals surface area contributed by atoms with E-state index in [1.165, 1.54) is 11.1 Å². The van der Waals surface area contributed by atoms with E-state index in [1.54, 1.807) is 31.1 Å². The summed E-state index contributed by atoms with van der Waals surface area (Å²) in [6.45, 7) is 2.15. The van der Waals surface area contributed by atoms with Crippen molar-refractivity contribution in [3.05, 3.63) is 35.6 Å². The van der Waals surface area contributed by atoms with Gasteiger partial charge in [-0.2, -0.15) is 5.10 Å². The van der Waals surface area contributed by atoms with E-state index in [1.807, 2.05) is 6.07 Å². The van der Waals surface area contributed by atoms with E-state index in [9.17, 15) is 14.0 Å². The van der Waals surface area contributed by atoms with Gasteiger partial charge in [-0.15, -0.1) is 0 Å². The molecule has 2 aliphatic rings. The summed E-state index contributed by atoms with van der Waals surface area (Å²) in [4.78, 5) is 28.2. The molecule has 2 amide bonds. The maximum atomic E-state index is 13.9. The number of hydrogen-bond donors (Lipinski definition) is 0. The third-order valence-corrected chi connectivity index (χ3v) is 5.15. The maximum Gasteiger partial charge on any atom is 0.270 e. The minimum atomic E-state index is -0.191. The van der Waals surface area contributed by atoms with Crippen molar-refractivity contribution in [2.75, 3.05) is 27.2 Å². The topological polar surface area (TPSA) is 56.2 Å². The van der Waals surface area contributed by atoms with Crippen molar-refractivity contribution in [2.45, 2.75) is 38.3 Å². The monoisotopic (exact) mass is 360 g/mol. The Morgan fingerprint density at radius 1 is 1.35 bits per heavy atom. The number of carbonyl (C=O) groups is 2. The summed E-state index contributed by atoms with van der Waals surface area (Å²) >= 11 is 0. The highest BCUT2D eigenvalue weighted by atomic mass is 19.1. The molecule has 2 aliphatic heterocycles. The third kappa shape index (κ3) is 4.09. The van der Waals surface area contributed by atoms with E-state index in [-0.39, 0.29) is 23.7 Å². The molecule has 26 heavy (non-hydrogen) atoms. The number of halogens is 1. The number of piperidine rings is 1. The predicted octanol–water partition coefficient (Wildman–Crippen LogP) is 1.86. The number of likely N-dealkylation sites (tertiary alicyclic amines) is 1. The molecule has 0 saturated carbocycles. The van der Waals surface area contributed by atoms with Crippen LogP contribution < -0.4 is 0 Å². The smallest absolute Gasteiger partial charge is 0.270 e. The van der Waals surface area contributed by atoms with Crippen LogP contribution in [0.2, 0.25) is 0 Å². The van der Waals surface area contributed by atoms with E-state index >= 15 is 0 Å². The number of amides is 2. The van der Waals surface area contributed by atoms with Crippen LogP contribution >= 0.6 is 0 Å². The van der Waals surface area contributed by atoms with Gasteiger partial charge >= 0.3 is 0 Å². The van der Waals surface area contributed by atoms with Gasteiger partial charge in [0.15, 0.2) is 0 Å². The van der Waals surface area contributed by atoms with Crippen LogP contribution in [-0.2, 0) is 16.1 Å². The van der Waals surface area contributed by atoms with Gasteiger partial charge in [-0.3, -0.25) is 14.5 Å². The van der Waals surface area contributed by atoms with E-state index in [0.29, 0.717) is 37.2 Å². The summed E-state index contributed by atoms with van der Waals surface area (Å²) in [6.07, 6.45) is 2.58. The largest absolute Gasteiger partial charge is 0.336 e. The number of nitrogens with zero attached hydrogens (tertiary/aromatic N) is 4. The lowest BCUT2D eigenvalue weighted by molar-refractivity contribution is -0.131. The number of hydrogen-bond acceptors (Lipinski definition) is 4. The molecule has 0 aromatic heterocycles. The van der Waals surface area contributed by atoms with Gasteiger partial charge in [0.05, 0.1) is 0 Å². The second-order valence-electron chi connectivity index (χ2n) is 7.00. The summed E-state index contributed by atoms with van der Waals surface area (Å²) < 4.78 is 13.9. The molecule has 1 aromatic carbocycles. The van der Waals surface area contributed by atoms with Crippen molar-refractivity contribution in [3.8, 4) is 0 Å². The molecular weight excluding hydrogens is 335 g/mol. The lowest BCUT2D eigenvalue weighted by Crippen LogP contribution is -2.50. The van der Waals surface area contributed by atoms with Crippen molar-refractivity contribution in [1.29, 1.82) is 0 Å². The predicted molar refractivity (Wildman–Crippen MR) is 96.9 cm³/mol. The highest BCUT2D eigenvalue weighted by Gasteiger charge is 2.30. The van der Waals surface area contributed by atoms with E-state index in [0.717, 1.165) is 19.4 Å². The Hall–Kier alpha value is -2.28. The van der Waals surface area contributed by atoms with Gasteiger partial charge in [-0.1, -0.05) is 18.2 Å². The average Bonchev–Trinajstić information content (AvgIpc) is 2.65. The summed E-state index contributed by atoms with van der Waals surface area (Å²) in [6, 6.07) is 6.88. The number of rotatable bonds is 4. The lowest BCUT2D eigenvalue weighted by atomic mass is 10.0. The number of likely N-dealkylation sites (N-methyl/N-ethyl adjacent to an activating group) is 1. The van der Waals surface area contributed by atoms with Crippen molar-refractivity contribution < 1.29 is 14.0 Å². The molecular formula is C19H25FN4O2. The second-order valence-corrected chi connectivity index (χ2v) is 7.00. The average molecular weight is 360 g/mol. The first kappa shape index (κ1) is 18.5. The van der Waals surface area contributed by atoms with Crippen LogP contribution in [-0.4, -0.2) is 65.6 Å². The molecule has 0 aliphatic carbocycles. The highest BCUT2D eigenvalue weighted by molar-refractivity contribution is 6.39. The number of carbonyl (C=O) groups excluding carboxylic acids is 2. The Morgan fingerprint density at radius 3 is 2.85 bits per heavy atom. The number of benzene rings is 1. The van der Waals surface area contributed by atoms with Crippen LogP contribution in [0.4, 0.5) is 4.39 Å². The van der Waals surface area contributed by atoms with Gasteiger partial charge in [0, 0.05) is 51.6 Å². The minimum Gasteiger partial charge on any atom is -0.336 e. The zero-order valence-corrected chi connectivity index (χ0v) is 15.3. The Kier molecular flexibility index (Phi) is 5.66. The number of hydrazone groups is 1. The molecule has 140 valence electrons. The van der Waals surface area contributed by atoms with Crippen LogP contribution in [0, 0.1) is 5.82 Å². The zero-order valence-electron chi connectivity index (χ0n) is 15.3. The minimum absolute atomic E-state index is 0.0636. The Balaban J connectivity index is 1.63. The SMILES string of the molecule is CN1N=C(C(=O)N(C)[C@@H]2CCCN(Cc3ccccc3F)C2)CCC1=O. The van der Waals surface area contributed by atoms with Gasteiger partial charge in [0.25, 0.3) is 5.91 Å². The van der Waals surface area contributed by atoms with E-state index in [2.05, 4.69) is 10.0 Å². The van der Waals surface area contributed by atoms with Crippen LogP contribution in [0.15, 0.2) is 29.4 Å². The Bertz CT molecular complexity index is 721. The first-order valence-corrected chi connectivity index (χ1v) is 9.02. The van der Waals surface area contributed by atoms with Crippen LogP contribution in [0.3, 0.4) is 0 Å². The molecule has 0 radical (unpaired) electrons. The molecule has 0 unspecified atom stereocenters.